The molecule has 1 N–H and O–H groups in total. The lowest BCUT2D eigenvalue weighted by Crippen LogP contribution is -2.21. The highest BCUT2D eigenvalue weighted by Gasteiger charge is 2.12. The second-order valence-electron chi connectivity index (χ2n) is 4.96. The van der Waals surface area contributed by atoms with Gasteiger partial charge in [0.2, 0.25) is 0 Å². The average molecular weight is 329 g/mol. The monoisotopic (exact) mass is 329 g/mol. The third-order valence-electron chi connectivity index (χ3n) is 3.31. The van der Waals surface area contributed by atoms with Crippen LogP contribution in [0.5, 0.6) is 17.2 Å². The van der Waals surface area contributed by atoms with E-state index in [4.69, 9.17) is 14.2 Å². The summed E-state index contributed by atoms with van der Waals surface area (Å²) >= 11 is 0. The zero-order valence-corrected chi connectivity index (χ0v) is 13.8. The normalized spacial score (nSPS) is 9.96. The van der Waals surface area contributed by atoms with Crippen LogP contribution in [-0.4, -0.2) is 32.5 Å². The summed E-state index contributed by atoms with van der Waals surface area (Å²) in [6.07, 6.45) is 0. The second kappa shape index (κ2) is 8.01. The van der Waals surface area contributed by atoms with Crippen LogP contribution < -0.4 is 19.5 Å². The van der Waals surface area contributed by atoms with Crippen molar-refractivity contribution >= 4 is 17.4 Å². The predicted molar refractivity (Wildman–Crippen MR) is 90.1 cm³/mol. The smallest absolute Gasteiger partial charge is 0.262 e. The fraction of sp³-hybridized carbons (Fsp3) is 0.222. The first-order valence-electron chi connectivity index (χ1n) is 7.29. The Morgan fingerprint density at radius 3 is 2.25 bits per heavy atom. The highest BCUT2D eigenvalue weighted by molar-refractivity contribution is 5.98. The molecule has 6 heteroatoms. The number of hydrogen-bond acceptors (Lipinski definition) is 5. The molecule has 0 aliphatic rings. The van der Waals surface area contributed by atoms with E-state index in [1.807, 2.05) is 6.07 Å². The Labute approximate surface area is 140 Å². The lowest BCUT2D eigenvalue weighted by Gasteiger charge is -2.13. The number of carbonyl (C=O) groups is 2. The number of benzene rings is 2. The number of anilines is 1. The minimum atomic E-state index is -0.375. The molecule has 0 saturated carbocycles. The molecule has 0 atom stereocenters. The van der Waals surface area contributed by atoms with Crippen molar-refractivity contribution in [3.8, 4) is 17.2 Å². The van der Waals surface area contributed by atoms with Gasteiger partial charge >= 0.3 is 0 Å². The molecule has 0 aliphatic carbocycles. The first-order chi connectivity index (χ1) is 11.5. The fourth-order valence-electron chi connectivity index (χ4n) is 2.09. The van der Waals surface area contributed by atoms with Crippen LogP contribution in [0.4, 0.5) is 5.69 Å². The molecule has 0 heterocycles. The second-order valence-corrected chi connectivity index (χ2v) is 4.96. The lowest BCUT2D eigenvalue weighted by atomic mass is 10.1. The van der Waals surface area contributed by atoms with E-state index in [1.54, 1.807) is 36.4 Å². The van der Waals surface area contributed by atoms with Crippen LogP contribution in [0, 0.1) is 0 Å². The molecule has 0 aromatic heterocycles. The van der Waals surface area contributed by atoms with Crippen LogP contribution >= 0.6 is 0 Å². The molecule has 2 aromatic carbocycles. The van der Waals surface area contributed by atoms with E-state index in [0.29, 0.717) is 28.5 Å². The van der Waals surface area contributed by atoms with E-state index in [1.165, 1.54) is 21.1 Å². The van der Waals surface area contributed by atoms with Crippen LogP contribution in [0.15, 0.2) is 42.5 Å². The molecule has 126 valence electrons. The van der Waals surface area contributed by atoms with Crippen LogP contribution in [0.25, 0.3) is 0 Å². The Morgan fingerprint density at radius 1 is 0.958 bits per heavy atom. The number of nitrogens with one attached hydrogen (secondary N) is 1. The molecule has 6 nitrogen and oxygen atoms in total. The van der Waals surface area contributed by atoms with E-state index >= 15 is 0 Å². The van der Waals surface area contributed by atoms with Crippen molar-refractivity contribution in [2.75, 3.05) is 26.1 Å². The Kier molecular flexibility index (Phi) is 5.78. The van der Waals surface area contributed by atoms with E-state index in [0.717, 1.165) is 0 Å². The van der Waals surface area contributed by atoms with Gasteiger partial charge in [-0.05, 0) is 37.3 Å². The number of para-hydroxylation sites is 2. The largest absolute Gasteiger partial charge is 0.495 e. The van der Waals surface area contributed by atoms with E-state index in [-0.39, 0.29) is 18.3 Å². The minimum Gasteiger partial charge on any atom is -0.495 e. The summed E-state index contributed by atoms with van der Waals surface area (Å²) in [6, 6.07) is 11.9. The highest BCUT2D eigenvalue weighted by atomic mass is 16.5. The standard InChI is InChI=1S/C18H19NO5/c1-12(20)13-8-9-15(22-2)14(10-13)19-18(21)11-24-17-7-5-4-6-16(17)23-3/h4-10H,11H2,1-3H3,(H,19,21). The van der Waals surface area contributed by atoms with Crippen LogP contribution in [0.2, 0.25) is 0 Å². The molecule has 0 unspecified atom stereocenters. The summed E-state index contributed by atoms with van der Waals surface area (Å²) in [5.74, 6) is 1.00. The topological polar surface area (TPSA) is 73.9 Å². The van der Waals surface area contributed by atoms with E-state index in [9.17, 15) is 9.59 Å². The molecule has 2 aromatic rings. The molecule has 0 bridgehead atoms. The number of hydrogen-bond donors (Lipinski definition) is 1. The SMILES string of the molecule is COc1ccc(C(C)=O)cc1NC(=O)COc1ccccc1OC. The van der Waals surface area contributed by atoms with Gasteiger partial charge in [0.25, 0.3) is 5.91 Å². The average Bonchev–Trinajstić information content (AvgIpc) is 2.60. The first kappa shape index (κ1) is 17.3. The number of rotatable bonds is 7. The molecule has 2 rings (SSSR count). The van der Waals surface area contributed by atoms with E-state index in [2.05, 4.69) is 5.32 Å². The van der Waals surface area contributed by atoms with Crippen molar-refractivity contribution in [2.45, 2.75) is 6.92 Å². The number of Topliss-reactive ketones (excluding diaryl/α,β-unsaturated/α-hetero) is 1. The van der Waals surface area contributed by atoms with Gasteiger partial charge in [-0.25, -0.2) is 0 Å². The van der Waals surface area contributed by atoms with Crippen molar-refractivity contribution in [1.29, 1.82) is 0 Å². The number of amides is 1. The fourth-order valence-corrected chi connectivity index (χ4v) is 2.09. The molecule has 0 spiro atoms. The van der Waals surface area contributed by atoms with Gasteiger partial charge in [0, 0.05) is 5.56 Å². The summed E-state index contributed by atoms with van der Waals surface area (Å²) in [6.45, 7) is 1.26. The molecular formula is C18H19NO5. The number of carbonyl (C=O) groups excluding carboxylic acids is 2. The van der Waals surface area contributed by atoms with Gasteiger partial charge in [-0.3, -0.25) is 9.59 Å². The number of ketones is 1. The third kappa shape index (κ3) is 4.25. The maximum absolute atomic E-state index is 12.1. The molecule has 0 fully saturated rings. The summed E-state index contributed by atoms with van der Waals surface area (Å²) in [4.78, 5) is 23.6. The summed E-state index contributed by atoms with van der Waals surface area (Å²) in [7, 11) is 3.02. The first-order valence-corrected chi connectivity index (χ1v) is 7.29. The van der Waals surface area contributed by atoms with Gasteiger partial charge in [0.15, 0.2) is 23.9 Å². The predicted octanol–water partition coefficient (Wildman–Crippen LogP) is 2.92. The highest BCUT2D eigenvalue weighted by Crippen LogP contribution is 2.27. The van der Waals surface area contributed by atoms with Crippen LogP contribution in [-0.2, 0) is 4.79 Å². The minimum absolute atomic E-state index is 0.0987. The molecular weight excluding hydrogens is 310 g/mol. The van der Waals surface area contributed by atoms with Gasteiger partial charge in [0.1, 0.15) is 5.75 Å². The molecule has 24 heavy (non-hydrogen) atoms. The van der Waals surface area contributed by atoms with Crippen molar-refractivity contribution < 1.29 is 23.8 Å². The van der Waals surface area contributed by atoms with Crippen molar-refractivity contribution in [3.05, 3.63) is 48.0 Å². The van der Waals surface area contributed by atoms with Gasteiger partial charge < -0.3 is 19.5 Å². The molecule has 1 amide bonds. The third-order valence-corrected chi connectivity index (χ3v) is 3.31. The Balaban J connectivity index is 2.06. The number of methoxy groups -OCH3 is 2. The summed E-state index contributed by atoms with van der Waals surface area (Å²) in [5.41, 5.74) is 0.899. The van der Waals surface area contributed by atoms with Crippen molar-refractivity contribution in [2.24, 2.45) is 0 Å². The van der Waals surface area contributed by atoms with Gasteiger partial charge in [-0.2, -0.15) is 0 Å². The Bertz CT molecular complexity index is 742. The molecule has 0 aliphatic heterocycles. The van der Waals surface area contributed by atoms with E-state index < -0.39 is 0 Å². The zero-order valence-electron chi connectivity index (χ0n) is 13.8. The Morgan fingerprint density at radius 2 is 1.62 bits per heavy atom. The van der Waals surface area contributed by atoms with Gasteiger partial charge in [-0.1, -0.05) is 12.1 Å². The quantitative estimate of drug-likeness (QED) is 0.791. The van der Waals surface area contributed by atoms with Crippen molar-refractivity contribution in [3.63, 3.8) is 0 Å². The molecule has 0 radical (unpaired) electrons. The maximum atomic E-state index is 12.1. The van der Waals surface area contributed by atoms with Crippen molar-refractivity contribution in [1.82, 2.24) is 0 Å². The molecule has 0 saturated heterocycles. The van der Waals surface area contributed by atoms with Crippen LogP contribution in [0.3, 0.4) is 0 Å². The Hall–Kier alpha value is -3.02. The summed E-state index contributed by atoms with van der Waals surface area (Å²) in [5, 5.41) is 2.68. The lowest BCUT2D eigenvalue weighted by molar-refractivity contribution is -0.118. The van der Waals surface area contributed by atoms with Gasteiger partial charge in [0.05, 0.1) is 19.9 Å². The summed E-state index contributed by atoms with van der Waals surface area (Å²) < 4.78 is 15.8. The van der Waals surface area contributed by atoms with Gasteiger partial charge in [-0.15, -0.1) is 0 Å². The maximum Gasteiger partial charge on any atom is 0.262 e. The van der Waals surface area contributed by atoms with Crippen LogP contribution in [0.1, 0.15) is 17.3 Å². The number of ether oxygens (including phenoxy) is 3. The zero-order chi connectivity index (χ0) is 17.5.